The first-order valence-corrected chi connectivity index (χ1v) is 12.4. The zero-order valence-corrected chi connectivity index (χ0v) is 19.6. The van der Waals surface area contributed by atoms with Gasteiger partial charge in [0, 0.05) is 25.7 Å². The van der Waals surface area contributed by atoms with Gasteiger partial charge in [0.05, 0.1) is 4.90 Å². The van der Waals surface area contributed by atoms with E-state index in [0.29, 0.717) is 25.9 Å². The first kappa shape index (κ1) is 23.9. The molecule has 0 aromatic heterocycles. The second-order valence-corrected chi connectivity index (χ2v) is 10.1. The molecule has 0 bridgehead atoms. The van der Waals surface area contributed by atoms with E-state index in [0.717, 1.165) is 23.2 Å². The van der Waals surface area contributed by atoms with Gasteiger partial charge in [-0.05, 0) is 54.5 Å². The van der Waals surface area contributed by atoms with Crippen LogP contribution in [0.5, 0.6) is 0 Å². The third kappa shape index (κ3) is 5.75. The van der Waals surface area contributed by atoms with Crippen LogP contribution in [0.1, 0.15) is 38.3 Å². The summed E-state index contributed by atoms with van der Waals surface area (Å²) < 4.78 is 28.7. The standard InChI is InChI=1S/C24H31N3O4S/c1-17(2)23(24(29)25-14-13-19-8-5-4-6-9-19)26-32(30,31)21-11-12-22-20(16-21)10-7-15-27(22)18(3)28/h4-6,8-9,11-12,16-17,23,26H,7,10,13-15H2,1-3H3,(H,25,29). The number of carbonyl (C=O) groups is 2. The molecule has 2 N–H and O–H groups in total. The summed E-state index contributed by atoms with van der Waals surface area (Å²) >= 11 is 0. The van der Waals surface area contributed by atoms with Crippen LogP contribution in [0.4, 0.5) is 5.69 Å². The summed E-state index contributed by atoms with van der Waals surface area (Å²) in [6, 6.07) is 13.7. The van der Waals surface area contributed by atoms with Crippen molar-refractivity contribution in [3.8, 4) is 0 Å². The summed E-state index contributed by atoms with van der Waals surface area (Å²) in [7, 11) is -3.91. The summed E-state index contributed by atoms with van der Waals surface area (Å²) in [5.41, 5.74) is 2.67. The van der Waals surface area contributed by atoms with Gasteiger partial charge in [-0.2, -0.15) is 4.72 Å². The van der Waals surface area contributed by atoms with Gasteiger partial charge in [-0.25, -0.2) is 8.42 Å². The molecule has 2 aromatic rings. The predicted molar refractivity (Wildman–Crippen MR) is 125 cm³/mol. The number of benzene rings is 2. The monoisotopic (exact) mass is 457 g/mol. The summed E-state index contributed by atoms with van der Waals surface area (Å²) in [5, 5.41) is 2.84. The molecular formula is C24H31N3O4S. The Hall–Kier alpha value is -2.71. The number of hydrogen-bond acceptors (Lipinski definition) is 4. The van der Waals surface area contributed by atoms with Gasteiger partial charge < -0.3 is 10.2 Å². The summed E-state index contributed by atoms with van der Waals surface area (Å²) in [4.78, 5) is 26.4. The van der Waals surface area contributed by atoms with Gasteiger partial charge in [-0.1, -0.05) is 44.2 Å². The van der Waals surface area contributed by atoms with Crippen molar-refractivity contribution in [2.75, 3.05) is 18.0 Å². The smallest absolute Gasteiger partial charge is 0.241 e. The van der Waals surface area contributed by atoms with Crippen LogP contribution in [-0.4, -0.2) is 39.4 Å². The average molecular weight is 458 g/mol. The average Bonchev–Trinajstić information content (AvgIpc) is 2.77. The van der Waals surface area contributed by atoms with E-state index >= 15 is 0 Å². The quantitative estimate of drug-likeness (QED) is 0.637. The fourth-order valence-corrected chi connectivity index (χ4v) is 5.27. The molecule has 0 fully saturated rings. The highest BCUT2D eigenvalue weighted by atomic mass is 32.2. The third-order valence-corrected chi connectivity index (χ3v) is 7.09. The maximum atomic E-state index is 13.1. The Bertz CT molecular complexity index is 1070. The number of carbonyl (C=O) groups excluding carboxylic acids is 2. The predicted octanol–water partition coefficient (Wildman–Crippen LogP) is 2.65. The van der Waals surface area contributed by atoms with Crippen molar-refractivity contribution in [1.82, 2.24) is 10.0 Å². The Morgan fingerprint density at radius 3 is 2.47 bits per heavy atom. The lowest BCUT2D eigenvalue weighted by Gasteiger charge is -2.29. The first-order chi connectivity index (χ1) is 15.2. The Labute approximate surface area is 190 Å². The number of aryl methyl sites for hydroxylation is 1. The number of sulfonamides is 1. The highest BCUT2D eigenvalue weighted by Gasteiger charge is 2.29. The molecule has 1 atom stereocenters. The first-order valence-electron chi connectivity index (χ1n) is 10.9. The molecule has 1 heterocycles. The number of amides is 2. The van der Waals surface area contributed by atoms with Gasteiger partial charge >= 0.3 is 0 Å². The lowest BCUT2D eigenvalue weighted by molar-refractivity contribution is -0.123. The van der Waals surface area contributed by atoms with Crippen molar-refractivity contribution in [2.45, 2.75) is 51.0 Å². The van der Waals surface area contributed by atoms with E-state index in [-0.39, 0.29) is 22.6 Å². The van der Waals surface area contributed by atoms with Crippen LogP contribution in [0.2, 0.25) is 0 Å². The Morgan fingerprint density at radius 2 is 1.81 bits per heavy atom. The van der Waals surface area contributed by atoms with E-state index in [9.17, 15) is 18.0 Å². The molecule has 1 aliphatic heterocycles. The summed E-state index contributed by atoms with van der Waals surface area (Å²) in [5.74, 6) is -0.640. The number of nitrogens with one attached hydrogen (secondary N) is 2. The van der Waals surface area contributed by atoms with Crippen LogP contribution in [0, 0.1) is 5.92 Å². The highest BCUT2D eigenvalue weighted by Crippen LogP contribution is 2.29. The van der Waals surface area contributed by atoms with Crippen LogP contribution in [0.3, 0.4) is 0 Å². The fourth-order valence-electron chi connectivity index (χ4n) is 3.88. The molecule has 8 heteroatoms. The molecule has 32 heavy (non-hydrogen) atoms. The Balaban J connectivity index is 1.71. The van der Waals surface area contributed by atoms with E-state index in [1.165, 1.54) is 13.0 Å². The molecule has 7 nitrogen and oxygen atoms in total. The van der Waals surface area contributed by atoms with Crippen LogP contribution in [-0.2, 0) is 32.5 Å². The molecule has 0 aliphatic carbocycles. The zero-order chi connectivity index (χ0) is 23.3. The maximum absolute atomic E-state index is 13.1. The highest BCUT2D eigenvalue weighted by molar-refractivity contribution is 7.89. The molecule has 2 aromatic carbocycles. The van der Waals surface area contributed by atoms with Gasteiger partial charge in [-0.15, -0.1) is 0 Å². The van der Waals surface area contributed by atoms with Crippen LogP contribution in [0.15, 0.2) is 53.4 Å². The van der Waals surface area contributed by atoms with Crippen molar-refractivity contribution in [3.63, 3.8) is 0 Å². The number of nitrogens with zero attached hydrogens (tertiary/aromatic N) is 1. The van der Waals surface area contributed by atoms with Gasteiger partial charge in [0.1, 0.15) is 6.04 Å². The number of rotatable bonds is 8. The van der Waals surface area contributed by atoms with Crippen molar-refractivity contribution >= 4 is 27.5 Å². The van der Waals surface area contributed by atoms with Gasteiger partial charge in [0.2, 0.25) is 21.8 Å². The van der Waals surface area contributed by atoms with Gasteiger partial charge in [0.15, 0.2) is 0 Å². The normalized spacial score (nSPS) is 14.7. The van der Waals surface area contributed by atoms with Crippen molar-refractivity contribution in [2.24, 2.45) is 5.92 Å². The van der Waals surface area contributed by atoms with E-state index in [1.807, 2.05) is 44.2 Å². The molecule has 2 amide bonds. The molecule has 0 spiro atoms. The van der Waals surface area contributed by atoms with Gasteiger partial charge in [0.25, 0.3) is 0 Å². The summed E-state index contributed by atoms with van der Waals surface area (Å²) in [6.07, 6.45) is 2.15. The molecule has 1 aliphatic rings. The molecule has 0 saturated carbocycles. The van der Waals surface area contributed by atoms with Crippen molar-refractivity contribution in [3.05, 3.63) is 59.7 Å². The van der Waals surface area contributed by atoms with Crippen LogP contribution < -0.4 is 14.9 Å². The minimum atomic E-state index is -3.91. The minimum Gasteiger partial charge on any atom is -0.354 e. The van der Waals surface area contributed by atoms with Crippen LogP contribution >= 0.6 is 0 Å². The Morgan fingerprint density at radius 1 is 1.09 bits per heavy atom. The second kappa shape index (κ2) is 10.3. The molecule has 172 valence electrons. The number of anilines is 1. The Kier molecular flexibility index (Phi) is 7.69. The molecule has 3 rings (SSSR count). The number of fused-ring (bicyclic) bond motifs is 1. The lowest BCUT2D eigenvalue weighted by atomic mass is 10.0. The largest absolute Gasteiger partial charge is 0.354 e. The second-order valence-electron chi connectivity index (χ2n) is 8.43. The molecule has 0 radical (unpaired) electrons. The van der Waals surface area contributed by atoms with E-state index in [2.05, 4.69) is 10.0 Å². The molecule has 1 unspecified atom stereocenters. The summed E-state index contributed by atoms with van der Waals surface area (Å²) in [6.45, 7) is 6.17. The molecule has 0 saturated heterocycles. The number of hydrogen-bond donors (Lipinski definition) is 2. The van der Waals surface area contributed by atoms with Gasteiger partial charge in [-0.3, -0.25) is 9.59 Å². The molecular weight excluding hydrogens is 426 g/mol. The maximum Gasteiger partial charge on any atom is 0.241 e. The van der Waals surface area contributed by atoms with Crippen LogP contribution in [0.25, 0.3) is 0 Å². The van der Waals surface area contributed by atoms with E-state index < -0.39 is 16.1 Å². The topological polar surface area (TPSA) is 95.6 Å². The zero-order valence-electron chi connectivity index (χ0n) is 18.8. The van der Waals surface area contributed by atoms with E-state index in [1.54, 1.807) is 17.0 Å². The fraction of sp³-hybridized carbons (Fsp3) is 0.417. The van der Waals surface area contributed by atoms with E-state index in [4.69, 9.17) is 0 Å². The van der Waals surface area contributed by atoms with Crippen molar-refractivity contribution < 1.29 is 18.0 Å². The van der Waals surface area contributed by atoms with Crippen molar-refractivity contribution in [1.29, 1.82) is 0 Å². The third-order valence-electron chi connectivity index (χ3n) is 5.65. The lowest BCUT2D eigenvalue weighted by Crippen LogP contribution is -2.50. The minimum absolute atomic E-state index is 0.0632. The SMILES string of the molecule is CC(=O)N1CCCc2cc(S(=O)(=O)NC(C(=O)NCCc3ccccc3)C(C)C)ccc21.